The van der Waals surface area contributed by atoms with Crippen molar-refractivity contribution in [3.05, 3.63) is 59.7 Å². The van der Waals surface area contributed by atoms with Crippen molar-refractivity contribution in [1.82, 2.24) is 5.32 Å². The number of amides is 4. The fourth-order valence-electron chi connectivity index (χ4n) is 5.52. The topological polar surface area (TPSA) is 148 Å². The van der Waals surface area contributed by atoms with E-state index in [1.165, 1.54) is 24.3 Å². The van der Waals surface area contributed by atoms with E-state index in [4.69, 9.17) is 10.5 Å². The first-order valence-corrected chi connectivity index (χ1v) is 11.4. The summed E-state index contributed by atoms with van der Waals surface area (Å²) in [7, 11) is 0. The Hall–Kier alpha value is -4.05. The maximum atomic E-state index is 13.8. The van der Waals surface area contributed by atoms with Crippen LogP contribution in [0.3, 0.4) is 0 Å². The third-order valence-electron chi connectivity index (χ3n) is 6.96. The Morgan fingerprint density at radius 3 is 2.46 bits per heavy atom. The minimum absolute atomic E-state index is 0.00403. The van der Waals surface area contributed by atoms with Gasteiger partial charge in [0.25, 0.3) is 0 Å². The normalized spacial score (nSPS) is 26.6. The molecule has 0 radical (unpaired) electrons. The average Bonchev–Trinajstić information content (AvgIpc) is 3.42. The fourth-order valence-corrected chi connectivity index (χ4v) is 5.52. The number of imide groups is 1. The van der Waals surface area contributed by atoms with Gasteiger partial charge >= 0.3 is 5.97 Å². The summed E-state index contributed by atoms with van der Waals surface area (Å²) in [6, 6.07) is 12.4. The summed E-state index contributed by atoms with van der Waals surface area (Å²) in [5, 5.41) is 6.07. The van der Waals surface area contributed by atoms with Crippen LogP contribution in [0.4, 0.5) is 11.4 Å². The fraction of sp³-hybridized carbons (Fsp3) is 0.320. The number of hydrogen-bond acceptors (Lipinski definition) is 7. The number of anilines is 2. The highest BCUT2D eigenvalue weighted by atomic mass is 16.5. The van der Waals surface area contributed by atoms with E-state index in [0.717, 1.165) is 4.90 Å². The summed E-state index contributed by atoms with van der Waals surface area (Å²) in [6.07, 6.45) is 0.193. The van der Waals surface area contributed by atoms with Crippen molar-refractivity contribution in [2.75, 3.05) is 16.8 Å². The molecule has 5 rings (SSSR count). The first-order chi connectivity index (χ1) is 16.8. The smallest absolute Gasteiger partial charge is 0.338 e. The standard InChI is InChI=1S/C25H24N4O6/c1-2-35-23(33)13-7-9-14(10-8-13)29-21(31)19-17(11-12-18(26)30)28-25(20(19)22(29)32)15-5-3-4-6-16(15)27-24(25)34/h3-10,17,19-20,28H,2,11-12H2,1H3,(H2,26,30)(H,27,34). The Balaban J connectivity index is 1.56. The number of nitrogens with one attached hydrogen (secondary N) is 2. The highest BCUT2D eigenvalue weighted by molar-refractivity contribution is 6.25. The molecule has 180 valence electrons. The first-order valence-electron chi connectivity index (χ1n) is 11.4. The van der Waals surface area contributed by atoms with Gasteiger partial charge in [0.1, 0.15) is 5.54 Å². The maximum absolute atomic E-state index is 13.8. The predicted octanol–water partition coefficient (Wildman–Crippen LogP) is 1.05. The van der Waals surface area contributed by atoms with Gasteiger partial charge in [-0.15, -0.1) is 0 Å². The van der Waals surface area contributed by atoms with E-state index in [-0.39, 0.29) is 30.7 Å². The summed E-state index contributed by atoms with van der Waals surface area (Å²) in [6.45, 7) is 1.92. The molecule has 10 nitrogen and oxygen atoms in total. The van der Waals surface area contributed by atoms with Gasteiger partial charge in [-0.05, 0) is 43.7 Å². The second kappa shape index (κ2) is 8.31. The van der Waals surface area contributed by atoms with E-state index in [1.54, 1.807) is 31.2 Å². The Kier molecular flexibility index (Phi) is 5.40. The van der Waals surface area contributed by atoms with Gasteiger partial charge in [-0.1, -0.05) is 18.2 Å². The minimum atomic E-state index is -1.45. The number of esters is 1. The van der Waals surface area contributed by atoms with Crippen LogP contribution in [-0.4, -0.2) is 42.2 Å². The third kappa shape index (κ3) is 3.32. The van der Waals surface area contributed by atoms with E-state index in [9.17, 15) is 24.0 Å². The lowest BCUT2D eigenvalue weighted by Crippen LogP contribution is -2.53. The number of primary amides is 1. The van der Waals surface area contributed by atoms with E-state index in [0.29, 0.717) is 11.3 Å². The number of fused-ring (bicyclic) bond motifs is 4. The zero-order valence-corrected chi connectivity index (χ0v) is 18.9. The molecule has 2 saturated heterocycles. The van der Waals surface area contributed by atoms with Crippen LogP contribution in [0.5, 0.6) is 0 Å². The molecule has 2 fully saturated rings. The summed E-state index contributed by atoms with van der Waals surface area (Å²) in [4.78, 5) is 65.4. The average molecular weight is 476 g/mol. The lowest BCUT2D eigenvalue weighted by Gasteiger charge is -2.29. The Morgan fingerprint density at radius 2 is 1.77 bits per heavy atom. The van der Waals surface area contributed by atoms with Crippen LogP contribution >= 0.6 is 0 Å². The molecule has 3 heterocycles. The monoisotopic (exact) mass is 476 g/mol. The van der Waals surface area contributed by atoms with Crippen LogP contribution in [0.1, 0.15) is 35.7 Å². The molecule has 4 amide bonds. The van der Waals surface area contributed by atoms with Crippen LogP contribution < -0.4 is 21.3 Å². The van der Waals surface area contributed by atoms with E-state index >= 15 is 0 Å². The SMILES string of the molecule is CCOC(=O)c1ccc(N2C(=O)C3C(CCC(N)=O)NC4(C(=O)Nc5ccccc54)C3C2=O)cc1. The second-order valence-electron chi connectivity index (χ2n) is 8.85. The Labute approximate surface area is 200 Å². The summed E-state index contributed by atoms with van der Waals surface area (Å²) >= 11 is 0. The highest BCUT2D eigenvalue weighted by Crippen LogP contribution is 2.54. The number of nitrogens with zero attached hydrogens (tertiary/aromatic N) is 1. The molecule has 0 aromatic heterocycles. The first kappa shape index (κ1) is 22.7. The van der Waals surface area contributed by atoms with E-state index < -0.39 is 53.0 Å². The van der Waals surface area contributed by atoms with Crippen molar-refractivity contribution in [3.63, 3.8) is 0 Å². The summed E-state index contributed by atoms with van der Waals surface area (Å²) in [5.74, 6) is -4.35. The second-order valence-corrected chi connectivity index (χ2v) is 8.85. The lowest BCUT2D eigenvalue weighted by atomic mass is 9.76. The number of para-hydroxylation sites is 1. The molecule has 2 aromatic carbocycles. The van der Waals surface area contributed by atoms with Gasteiger partial charge in [0.15, 0.2) is 0 Å². The molecule has 0 saturated carbocycles. The molecule has 3 aliphatic heterocycles. The zero-order valence-electron chi connectivity index (χ0n) is 18.9. The lowest BCUT2D eigenvalue weighted by molar-refractivity contribution is -0.130. The number of rotatable bonds is 6. The molecule has 35 heavy (non-hydrogen) atoms. The number of ether oxygens (including phenoxy) is 1. The molecule has 2 aromatic rings. The molecule has 0 aliphatic carbocycles. The molecule has 0 bridgehead atoms. The van der Waals surface area contributed by atoms with E-state index in [1.807, 2.05) is 0 Å². The van der Waals surface area contributed by atoms with Crippen LogP contribution in [0.2, 0.25) is 0 Å². The highest BCUT2D eigenvalue weighted by Gasteiger charge is 2.70. The summed E-state index contributed by atoms with van der Waals surface area (Å²) < 4.78 is 4.99. The van der Waals surface area contributed by atoms with Crippen molar-refractivity contribution in [3.8, 4) is 0 Å². The van der Waals surface area contributed by atoms with Gasteiger partial charge in [-0.25, -0.2) is 9.69 Å². The molecule has 4 unspecified atom stereocenters. The van der Waals surface area contributed by atoms with Crippen molar-refractivity contribution in [2.45, 2.75) is 31.3 Å². The van der Waals surface area contributed by atoms with Gasteiger partial charge in [-0.2, -0.15) is 0 Å². The molecule has 4 N–H and O–H groups in total. The van der Waals surface area contributed by atoms with Gasteiger partial charge in [0, 0.05) is 23.7 Å². The van der Waals surface area contributed by atoms with Gasteiger partial charge in [0.2, 0.25) is 23.6 Å². The molecular formula is C25H24N4O6. The largest absolute Gasteiger partial charge is 0.462 e. The van der Waals surface area contributed by atoms with Crippen molar-refractivity contribution < 1.29 is 28.7 Å². The molecule has 1 spiro atoms. The van der Waals surface area contributed by atoms with Gasteiger partial charge in [-0.3, -0.25) is 24.5 Å². The minimum Gasteiger partial charge on any atom is -0.462 e. The molecule has 3 aliphatic rings. The number of carbonyl (C=O) groups is 5. The zero-order chi connectivity index (χ0) is 24.9. The van der Waals surface area contributed by atoms with E-state index in [2.05, 4.69) is 10.6 Å². The number of nitrogens with two attached hydrogens (primary N) is 1. The van der Waals surface area contributed by atoms with Crippen molar-refractivity contribution in [1.29, 1.82) is 0 Å². The molecule has 10 heteroatoms. The van der Waals surface area contributed by atoms with Crippen LogP contribution in [-0.2, 0) is 29.5 Å². The van der Waals surface area contributed by atoms with Gasteiger partial charge in [0.05, 0.1) is 29.7 Å². The number of carbonyl (C=O) groups excluding carboxylic acids is 5. The van der Waals surface area contributed by atoms with Crippen LogP contribution in [0.15, 0.2) is 48.5 Å². The van der Waals surface area contributed by atoms with Crippen molar-refractivity contribution in [2.24, 2.45) is 17.6 Å². The molecular weight excluding hydrogens is 452 g/mol. The van der Waals surface area contributed by atoms with Crippen molar-refractivity contribution >= 4 is 41.0 Å². The Morgan fingerprint density at radius 1 is 1.06 bits per heavy atom. The number of benzene rings is 2. The quantitative estimate of drug-likeness (QED) is 0.417. The summed E-state index contributed by atoms with van der Waals surface area (Å²) in [5.41, 5.74) is 5.63. The third-order valence-corrected chi connectivity index (χ3v) is 6.96. The Bertz CT molecular complexity index is 1260. The predicted molar refractivity (Wildman–Crippen MR) is 124 cm³/mol. The van der Waals surface area contributed by atoms with Gasteiger partial charge < -0.3 is 15.8 Å². The maximum Gasteiger partial charge on any atom is 0.338 e. The molecule has 4 atom stereocenters. The number of hydrogen-bond donors (Lipinski definition) is 3. The van der Waals surface area contributed by atoms with Crippen LogP contribution in [0.25, 0.3) is 0 Å². The van der Waals surface area contributed by atoms with Crippen LogP contribution in [0, 0.1) is 11.8 Å².